The van der Waals surface area contributed by atoms with E-state index in [0.29, 0.717) is 16.8 Å². The van der Waals surface area contributed by atoms with Crippen LogP contribution in [0.15, 0.2) is 83.8 Å². The Morgan fingerprint density at radius 3 is 2.00 bits per heavy atom. The molecule has 0 aliphatic carbocycles. The first-order valence-electron chi connectivity index (χ1n) is 7.55. The van der Waals surface area contributed by atoms with E-state index in [9.17, 15) is 13.2 Å². The molecule has 3 N–H and O–H groups in total. The second-order valence-electron chi connectivity index (χ2n) is 5.38. The SMILES string of the molecule is NC(=O)c1cccc(-c2ccccc2)c1S(=O)(=O)Nc1ccccc1. The molecule has 0 bridgehead atoms. The van der Waals surface area contributed by atoms with Crippen molar-refractivity contribution in [2.75, 3.05) is 4.72 Å². The zero-order chi connectivity index (χ0) is 17.9. The maximum absolute atomic E-state index is 13.0. The van der Waals surface area contributed by atoms with Crippen molar-refractivity contribution in [2.24, 2.45) is 5.73 Å². The average molecular weight is 352 g/mol. The van der Waals surface area contributed by atoms with Crippen molar-refractivity contribution in [3.63, 3.8) is 0 Å². The summed E-state index contributed by atoms with van der Waals surface area (Å²) in [6.07, 6.45) is 0. The van der Waals surface area contributed by atoms with Gasteiger partial charge in [0.2, 0.25) is 5.91 Å². The lowest BCUT2D eigenvalue weighted by Gasteiger charge is -2.15. The van der Waals surface area contributed by atoms with E-state index in [0.717, 1.165) is 0 Å². The smallest absolute Gasteiger partial charge is 0.263 e. The van der Waals surface area contributed by atoms with Gasteiger partial charge < -0.3 is 5.73 Å². The van der Waals surface area contributed by atoms with E-state index in [1.165, 1.54) is 6.07 Å². The van der Waals surface area contributed by atoms with E-state index in [1.54, 1.807) is 66.7 Å². The third kappa shape index (κ3) is 3.54. The van der Waals surface area contributed by atoms with Gasteiger partial charge in [-0.15, -0.1) is 0 Å². The molecular weight excluding hydrogens is 336 g/mol. The van der Waals surface area contributed by atoms with E-state index < -0.39 is 15.9 Å². The normalized spacial score (nSPS) is 11.0. The lowest BCUT2D eigenvalue weighted by Crippen LogP contribution is -2.21. The highest BCUT2D eigenvalue weighted by atomic mass is 32.2. The molecule has 5 nitrogen and oxygen atoms in total. The second kappa shape index (κ2) is 6.78. The third-order valence-corrected chi connectivity index (χ3v) is 5.14. The van der Waals surface area contributed by atoms with Crippen LogP contribution in [-0.4, -0.2) is 14.3 Å². The number of hydrogen-bond donors (Lipinski definition) is 2. The Kier molecular flexibility index (Phi) is 4.54. The zero-order valence-corrected chi connectivity index (χ0v) is 14.0. The molecule has 3 aromatic rings. The largest absolute Gasteiger partial charge is 0.366 e. The van der Waals surface area contributed by atoms with Gasteiger partial charge in [0.1, 0.15) is 4.90 Å². The van der Waals surface area contributed by atoms with E-state index in [2.05, 4.69) is 4.72 Å². The molecule has 0 aliphatic heterocycles. The van der Waals surface area contributed by atoms with Crippen LogP contribution in [0, 0.1) is 0 Å². The van der Waals surface area contributed by atoms with Crippen molar-refractivity contribution in [1.29, 1.82) is 0 Å². The summed E-state index contributed by atoms with van der Waals surface area (Å²) in [6, 6.07) is 22.1. The number of carbonyl (C=O) groups is 1. The summed E-state index contributed by atoms with van der Waals surface area (Å²) in [5, 5.41) is 0. The molecular formula is C19H16N2O3S. The molecule has 126 valence electrons. The predicted molar refractivity (Wildman–Crippen MR) is 97.6 cm³/mol. The summed E-state index contributed by atoms with van der Waals surface area (Å²) in [6.45, 7) is 0. The lowest BCUT2D eigenvalue weighted by atomic mass is 10.0. The fraction of sp³-hybridized carbons (Fsp3) is 0. The summed E-state index contributed by atoms with van der Waals surface area (Å²) >= 11 is 0. The van der Waals surface area contributed by atoms with Gasteiger partial charge in [0, 0.05) is 11.3 Å². The highest BCUT2D eigenvalue weighted by Crippen LogP contribution is 2.31. The van der Waals surface area contributed by atoms with Crippen molar-refractivity contribution < 1.29 is 13.2 Å². The van der Waals surface area contributed by atoms with Gasteiger partial charge in [0.15, 0.2) is 0 Å². The van der Waals surface area contributed by atoms with E-state index in [4.69, 9.17) is 5.73 Å². The first kappa shape index (κ1) is 16.7. The maximum atomic E-state index is 13.0. The third-order valence-electron chi connectivity index (χ3n) is 3.66. The van der Waals surface area contributed by atoms with Crippen molar-refractivity contribution in [2.45, 2.75) is 4.90 Å². The van der Waals surface area contributed by atoms with Gasteiger partial charge >= 0.3 is 0 Å². The molecule has 3 aromatic carbocycles. The molecule has 0 saturated heterocycles. The minimum Gasteiger partial charge on any atom is -0.366 e. The van der Waals surface area contributed by atoms with Gasteiger partial charge in [0.25, 0.3) is 10.0 Å². The number of sulfonamides is 1. The molecule has 0 atom stereocenters. The van der Waals surface area contributed by atoms with Crippen LogP contribution in [-0.2, 0) is 10.0 Å². The summed E-state index contributed by atoms with van der Waals surface area (Å²) in [4.78, 5) is 11.7. The number of primary amides is 1. The number of carbonyl (C=O) groups excluding carboxylic acids is 1. The Bertz CT molecular complexity index is 1000. The van der Waals surface area contributed by atoms with Gasteiger partial charge in [-0.3, -0.25) is 9.52 Å². The van der Waals surface area contributed by atoms with E-state index in [-0.39, 0.29) is 10.5 Å². The number of benzene rings is 3. The Labute approximate surface area is 146 Å². The molecule has 3 rings (SSSR count). The molecule has 0 aromatic heterocycles. The van der Waals surface area contributed by atoms with Crippen LogP contribution in [0.1, 0.15) is 10.4 Å². The van der Waals surface area contributed by atoms with Crippen LogP contribution in [0.3, 0.4) is 0 Å². The Balaban J connectivity index is 2.21. The number of para-hydroxylation sites is 1. The number of anilines is 1. The minimum absolute atomic E-state index is 0.0511. The van der Waals surface area contributed by atoms with Gasteiger partial charge in [-0.05, 0) is 23.8 Å². The lowest BCUT2D eigenvalue weighted by molar-refractivity contribution is 0.0997. The molecule has 0 heterocycles. The van der Waals surface area contributed by atoms with Crippen LogP contribution >= 0.6 is 0 Å². The fourth-order valence-electron chi connectivity index (χ4n) is 2.58. The standard InChI is InChI=1S/C19H16N2O3S/c20-19(22)17-13-7-12-16(14-8-3-1-4-9-14)18(17)25(23,24)21-15-10-5-2-6-11-15/h1-13,21H,(H2,20,22). The van der Waals surface area contributed by atoms with Crippen LogP contribution < -0.4 is 10.5 Å². The molecule has 25 heavy (non-hydrogen) atoms. The van der Waals surface area contributed by atoms with Crippen LogP contribution in [0.25, 0.3) is 11.1 Å². The molecule has 0 fully saturated rings. The van der Waals surface area contributed by atoms with Gasteiger partial charge in [0.05, 0.1) is 5.56 Å². The number of amides is 1. The molecule has 0 radical (unpaired) electrons. The predicted octanol–water partition coefficient (Wildman–Crippen LogP) is 3.25. The highest BCUT2D eigenvalue weighted by molar-refractivity contribution is 7.93. The van der Waals surface area contributed by atoms with Crippen molar-refractivity contribution in [3.8, 4) is 11.1 Å². The summed E-state index contributed by atoms with van der Waals surface area (Å²) < 4.78 is 28.5. The number of nitrogens with one attached hydrogen (secondary N) is 1. The first-order chi connectivity index (χ1) is 12.0. The number of hydrogen-bond acceptors (Lipinski definition) is 3. The second-order valence-corrected chi connectivity index (χ2v) is 7.00. The molecule has 6 heteroatoms. The molecule has 0 spiro atoms. The molecule has 0 saturated carbocycles. The summed E-state index contributed by atoms with van der Waals surface area (Å²) in [7, 11) is -4.02. The van der Waals surface area contributed by atoms with Crippen LogP contribution in [0.5, 0.6) is 0 Å². The summed E-state index contributed by atoms with van der Waals surface area (Å²) in [5.41, 5.74) is 6.87. The molecule has 0 unspecified atom stereocenters. The highest BCUT2D eigenvalue weighted by Gasteiger charge is 2.25. The Morgan fingerprint density at radius 2 is 1.40 bits per heavy atom. The number of rotatable bonds is 5. The quantitative estimate of drug-likeness (QED) is 0.738. The Morgan fingerprint density at radius 1 is 0.800 bits per heavy atom. The first-order valence-corrected chi connectivity index (χ1v) is 9.03. The van der Waals surface area contributed by atoms with E-state index in [1.807, 2.05) is 6.07 Å². The van der Waals surface area contributed by atoms with E-state index >= 15 is 0 Å². The van der Waals surface area contributed by atoms with Crippen molar-refractivity contribution in [1.82, 2.24) is 0 Å². The summed E-state index contributed by atoms with van der Waals surface area (Å²) in [5.74, 6) is -0.800. The average Bonchev–Trinajstić information content (AvgIpc) is 2.62. The minimum atomic E-state index is -4.02. The van der Waals surface area contributed by atoms with Crippen LogP contribution in [0.2, 0.25) is 0 Å². The fourth-order valence-corrected chi connectivity index (χ4v) is 4.06. The molecule has 0 aliphatic rings. The van der Waals surface area contributed by atoms with Crippen molar-refractivity contribution >= 4 is 21.6 Å². The van der Waals surface area contributed by atoms with Gasteiger partial charge in [-0.1, -0.05) is 60.7 Å². The zero-order valence-electron chi connectivity index (χ0n) is 13.2. The Hall–Kier alpha value is -3.12. The number of nitrogens with two attached hydrogens (primary N) is 1. The monoisotopic (exact) mass is 352 g/mol. The maximum Gasteiger partial charge on any atom is 0.263 e. The van der Waals surface area contributed by atoms with Gasteiger partial charge in [-0.2, -0.15) is 0 Å². The topological polar surface area (TPSA) is 89.3 Å². The molecule has 1 amide bonds. The van der Waals surface area contributed by atoms with Crippen LogP contribution in [0.4, 0.5) is 5.69 Å². The van der Waals surface area contributed by atoms with Gasteiger partial charge in [-0.25, -0.2) is 8.42 Å². The van der Waals surface area contributed by atoms with Crippen molar-refractivity contribution in [3.05, 3.63) is 84.4 Å².